The third-order valence-corrected chi connectivity index (χ3v) is 6.69. The van der Waals surface area contributed by atoms with Crippen LogP contribution in [0.3, 0.4) is 0 Å². The minimum absolute atomic E-state index is 0.0110. The van der Waals surface area contributed by atoms with Gasteiger partial charge in [-0.25, -0.2) is 0 Å². The molecule has 1 unspecified atom stereocenters. The number of hydrogen-bond donors (Lipinski definition) is 0. The van der Waals surface area contributed by atoms with Crippen molar-refractivity contribution in [2.24, 2.45) is 0 Å². The highest BCUT2D eigenvalue weighted by atomic mass is 35.8. The Morgan fingerprint density at radius 2 is 1.64 bits per heavy atom. The van der Waals surface area contributed by atoms with Crippen LogP contribution in [0.5, 0.6) is 0 Å². The van der Waals surface area contributed by atoms with Crippen LogP contribution in [0.15, 0.2) is 24.3 Å². The van der Waals surface area contributed by atoms with Crippen LogP contribution in [-0.4, -0.2) is 6.00 Å². The van der Waals surface area contributed by atoms with Crippen LogP contribution in [0.2, 0.25) is 0 Å². The first-order chi connectivity index (χ1) is 6.45. The van der Waals surface area contributed by atoms with Gasteiger partial charge in [-0.1, -0.05) is 31.2 Å². The minimum Gasteiger partial charge on any atom is -0.125 e. The van der Waals surface area contributed by atoms with E-state index >= 15 is 0 Å². The lowest BCUT2D eigenvalue weighted by Crippen LogP contribution is -2.20. The maximum Gasteiger partial charge on any atom is 0.348 e. The third-order valence-electron chi connectivity index (χ3n) is 2.13. The first-order valence-electron chi connectivity index (χ1n) is 4.16. The standard InChI is InChI=1S/C9H10Cl4Si/c1-7(14(11,12)13)9-4-2-8(6-10)3-5-9/h2-5,7H,6H2,1H3. The molecule has 0 fully saturated rings. The lowest BCUT2D eigenvalue weighted by Gasteiger charge is -2.17. The molecule has 1 rings (SSSR count). The highest BCUT2D eigenvalue weighted by Gasteiger charge is 2.34. The van der Waals surface area contributed by atoms with E-state index in [4.69, 9.17) is 44.8 Å². The summed E-state index contributed by atoms with van der Waals surface area (Å²) in [4.78, 5) is 0. The van der Waals surface area contributed by atoms with Crippen LogP contribution >= 0.6 is 44.8 Å². The lowest BCUT2D eigenvalue weighted by molar-refractivity contribution is 1.06. The molecule has 0 heterocycles. The van der Waals surface area contributed by atoms with Crippen molar-refractivity contribution in [3.8, 4) is 0 Å². The van der Waals surface area contributed by atoms with E-state index in [0.717, 1.165) is 11.1 Å². The maximum atomic E-state index is 5.94. The molecule has 0 aliphatic rings. The Kier molecular flexibility index (Phi) is 4.60. The molecule has 1 aromatic rings. The fourth-order valence-corrected chi connectivity index (χ4v) is 2.97. The van der Waals surface area contributed by atoms with Gasteiger partial charge in [-0.05, 0) is 11.1 Å². The Bertz CT molecular complexity index is 291. The van der Waals surface area contributed by atoms with Crippen LogP contribution in [-0.2, 0) is 5.88 Å². The molecular formula is C9H10Cl4Si. The van der Waals surface area contributed by atoms with Gasteiger partial charge in [-0.3, -0.25) is 0 Å². The van der Waals surface area contributed by atoms with Gasteiger partial charge < -0.3 is 0 Å². The molecule has 0 saturated carbocycles. The summed E-state index contributed by atoms with van der Waals surface area (Å²) in [5.41, 5.74) is 2.15. The van der Waals surface area contributed by atoms with Crippen LogP contribution in [0, 0.1) is 0 Å². The molecular weight excluding hydrogens is 278 g/mol. The van der Waals surface area contributed by atoms with Gasteiger partial charge in [0.1, 0.15) is 0 Å². The summed E-state index contributed by atoms with van der Waals surface area (Å²) in [5.74, 6) is 0.514. The van der Waals surface area contributed by atoms with E-state index in [9.17, 15) is 0 Å². The predicted molar refractivity (Wildman–Crippen MR) is 67.7 cm³/mol. The van der Waals surface area contributed by atoms with E-state index in [2.05, 4.69) is 0 Å². The Balaban J connectivity index is 2.87. The average molecular weight is 288 g/mol. The van der Waals surface area contributed by atoms with Gasteiger partial charge in [-0.2, -0.15) is 0 Å². The van der Waals surface area contributed by atoms with Crippen molar-refractivity contribution < 1.29 is 0 Å². The second-order valence-corrected chi connectivity index (χ2v) is 12.5. The molecule has 0 amide bonds. The first kappa shape index (κ1) is 12.7. The Labute approximate surface area is 104 Å². The smallest absolute Gasteiger partial charge is 0.125 e. The summed E-state index contributed by atoms with van der Waals surface area (Å²) < 4.78 is 0. The molecule has 1 atom stereocenters. The molecule has 5 heteroatoms. The van der Waals surface area contributed by atoms with E-state index in [1.807, 2.05) is 31.2 Å². The maximum absolute atomic E-state index is 5.94. The van der Waals surface area contributed by atoms with Gasteiger partial charge in [0, 0.05) is 11.4 Å². The van der Waals surface area contributed by atoms with Gasteiger partial charge in [0.15, 0.2) is 0 Å². The normalized spacial score (nSPS) is 14.1. The largest absolute Gasteiger partial charge is 0.348 e. The summed E-state index contributed by atoms with van der Waals surface area (Å²) in [6, 6.07) is 5.22. The molecule has 14 heavy (non-hydrogen) atoms. The first-order valence-corrected chi connectivity index (χ1v) is 9.81. The summed E-state index contributed by atoms with van der Waals surface area (Å²) in [5, 5.41) is 0. The Hall–Kier alpha value is 0.597. The van der Waals surface area contributed by atoms with Crippen molar-refractivity contribution in [2.75, 3.05) is 0 Å². The van der Waals surface area contributed by atoms with Crippen LogP contribution in [0.25, 0.3) is 0 Å². The van der Waals surface area contributed by atoms with E-state index in [1.165, 1.54) is 0 Å². The molecule has 0 saturated heterocycles. The molecule has 0 aliphatic heterocycles. The second-order valence-electron chi connectivity index (χ2n) is 3.14. The van der Waals surface area contributed by atoms with Crippen molar-refractivity contribution in [1.29, 1.82) is 0 Å². The molecule has 0 nitrogen and oxygen atoms in total. The number of benzene rings is 1. The molecule has 78 valence electrons. The van der Waals surface area contributed by atoms with Crippen molar-refractivity contribution in [2.45, 2.75) is 18.3 Å². The summed E-state index contributed by atoms with van der Waals surface area (Å²) in [6.45, 7) is 1.94. The molecule has 0 bridgehead atoms. The zero-order chi connectivity index (χ0) is 10.8. The quantitative estimate of drug-likeness (QED) is 0.429. The van der Waals surface area contributed by atoms with E-state index in [-0.39, 0.29) is 5.54 Å². The van der Waals surface area contributed by atoms with Crippen molar-refractivity contribution in [3.05, 3.63) is 35.4 Å². The molecule has 0 spiro atoms. The van der Waals surface area contributed by atoms with Gasteiger partial charge in [0.05, 0.1) is 0 Å². The number of rotatable bonds is 3. The monoisotopic (exact) mass is 286 g/mol. The van der Waals surface area contributed by atoms with Crippen molar-refractivity contribution in [3.63, 3.8) is 0 Å². The highest BCUT2D eigenvalue weighted by Crippen LogP contribution is 2.36. The number of hydrogen-bond acceptors (Lipinski definition) is 0. The molecule has 0 aromatic heterocycles. The van der Waals surface area contributed by atoms with Crippen LogP contribution in [0.1, 0.15) is 23.6 Å². The van der Waals surface area contributed by atoms with Gasteiger partial charge >= 0.3 is 6.00 Å². The van der Waals surface area contributed by atoms with Crippen molar-refractivity contribution >= 4 is 50.8 Å². The van der Waals surface area contributed by atoms with Gasteiger partial charge in [0.25, 0.3) is 0 Å². The summed E-state index contributed by atoms with van der Waals surface area (Å²) in [6.07, 6.45) is 0. The predicted octanol–water partition coefficient (Wildman–Crippen LogP) is 4.72. The topological polar surface area (TPSA) is 0 Å². The third kappa shape index (κ3) is 3.32. The Morgan fingerprint density at radius 3 is 2.00 bits per heavy atom. The fraction of sp³-hybridized carbons (Fsp3) is 0.333. The van der Waals surface area contributed by atoms with Crippen LogP contribution in [0.4, 0.5) is 0 Å². The molecule has 0 N–H and O–H groups in total. The summed E-state index contributed by atoms with van der Waals surface area (Å²) >= 11 is 23.5. The fourth-order valence-electron chi connectivity index (χ4n) is 1.08. The Morgan fingerprint density at radius 1 is 1.14 bits per heavy atom. The zero-order valence-electron chi connectivity index (χ0n) is 7.61. The van der Waals surface area contributed by atoms with Crippen molar-refractivity contribution in [1.82, 2.24) is 0 Å². The minimum atomic E-state index is -2.65. The highest BCUT2D eigenvalue weighted by molar-refractivity contribution is 7.65. The SMILES string of the molecule is CC(c1ccc(CCl)cc1)[Si](Cl)(Cl)Cl. The van der Waals surface area contributed by atoms with E-state index in [1.54, 1.807) is 0 Å². The number of halogens is 4. The lowest BCUT2D eigenvalue weighted by atomic mass is 10.1. The second kappa shape index (κ2) is 5.09. The molecule has 1 aromatic carbocycles. The average Bonchev–Trinajstić information content (AvgIpc) is 2.15. The van der Waals surface area contributed by atoms with E-state index < -0.39 is 6.00 Å². The molecule has 0 radical (unpaired) electrons. The van der Waals surface area contributed by atoms with Gasteiger partial charge in [0.2, 0.25) is 0 Å². The van der Waals surface area contributed by atoms with Gasteiger partial charge in [-0.15, -0.1) is 44.8 Å². The summed E-state index contributed by atoms with van der Waals surface area (Å²) in [7, 11) is 0. The number of alkyl halides is 1. The molecule has 0 aliphatic carbocycles. The van der Waals surface area contributed by atoms with E-state index in [0.29, 0.717) is 5.88 Å². The zero-order valence-corrected chi connectivity index (χ0v) is 11.6. The van der Waals surface area contributed by atoms with Crippen LogP contribution < -0.4 is 0 Å².